The van der Waals surface area contributed by atoms with E-state index >= 15 is 0 Å². The molecule has 6 nitrogen and oxygen atoms in total. The van der Waals surface area contributed by atoms with Crippen molar-refractivity contribution in [3.8, 4) is 5.75 Å². The molecule has 0 saturated carbocycles. The number of benzene rings is 2. The molecule has 7 heteroatoms. The minimum absolute atomic E-state index is 0.0317. The Morgan fingerprint density at radius 3 is 2.38 bits per heavy atom. The maximum atomic E-state index is 12.1. The number of carbonyl (C=O) groups is 2. The lowest BCUT2D eigenvalue weighted by Crippen LogP contribution is -2.35. The highest BCUT2D eigenvalue weighted by atomic mass is 35.5. The Morgan fingerprint density at radius 1 is 1.08 bits per heavy atom. The SMILES string of the molecule is O=C(O)c1ccccc1C(=O)NC[C@@H](O)COc1ccccc1Cl. The zero-order valence-corrected chi connectivity index (χ0v) is 13.4. The molecule has 1 atom stereocenters. The van der Waals surface area contributed by atoms with E-state index in [1.165, 1.54) is 18.2 Å². The van der Waals surface area contributed by atoms with Gasteiger partial charge in [-0.3, -0.25) is 4.79 Å². The van der Waals surface area contributed by atoms with E-state index in [1.807, 2.05) is 0 Å². The summed E-state index contributed by atoms with van der Waals surface area (Å²) in [6.45, 7) is -0.151. The van der Waals surface area contributed by atoms with Gasteiger partial charge in [-0.1, -0.05) is 35.9 Å². The maximum Gasteiger partial charge on any atom is 0.336 e. The van der Waals surface area contributed by atoms with E-state index in [2.05, 4.69) is 5.32 Å². The summed E-state index contributed by atoms with van der Waals surface area (Å²) in [5.41, 5.74) is -0.0685. The second-order valence-corrected chi connectivity index (χ2v) is 5.36. The van der Waals surface area contributed by atoms with Crippen LogP contribution in [0.3, 0.4) is 0 Å². The smallest absolute Gasteiger partial charge is 0.336 e. The summed E-state index contributed by atoms with van der Waals surface area (Å²) in [7, 11) is 0. The number of para-hydroxylation sites is 1. The van der Waals surface area contributed by atoms with Crippen LogP contribution < -0.4 is 10.1 Å². The van der Waals surface area contributed by atoms with Crippen LogP contribution in [0.5, 0.6) is 5.75 Å². The van der Waals surface area contributed by atoms with Crippen molar-refractivity contribution in [1.29, 1.82) is 0 Å². The first kappa shape index (κ1) is 17.8. The molecule has 24 heavy (non-hydrogen) atoms. The van der Waals surface area contributed by atoms with Gasteiger partial charge in [0.15, 0.2) is 0 Å². The van der Waals surface area contributed by atoms with Crippen LogP contribution in [-0.4, -0.2) is 41.3 Å². The third kappa shape index (κ3) is 4.71. The van der Waals surface area contributed by atoms with Crippen LogP contribution in [0.25, 0.3) is 0 Å². The van der Waals surface area contributed by atoms with E-state index in [4.69, 9.17) is 21.4 Å². The van der Waals surface area contributed by atoms with Crippen molar-refractivity contribution in [3.05, 3.63) is 64.7 Å². The Morgan fingerprint density at radius 2 is 1.71 bits per heavy atom. The molecule has 2 aromatic carbocycles. The zero-order chi connectivity index (χ0) is 17.5. The molecule has 0 aliphatic heterocycles. The highest BCUT2D eigenvalue weighted by molar-refractivity contribution is 6.32. The van der Waals surface area contributed by atoms with Gasteiger partial charge in [-0.05, 0) is 24.3 Å². The van der Waals surface area contributed by atoms with Crippen LogP contribution in [0, 0.1) is 0 Å². The number of aliphatic hydroxyl groups is 1. The molecular formula is C17H16ClNO5. The first-order valence-electron chi connectivity index (χ1n) is 7.15. The topological polar surface area (TPSA) is 95.9 Å². The number of aliphatic hydroxyl groups excluding tert-OH is 1. The predicted octanol–water partition coefficient (Wildman–Crippen LogP) is 2.21. The molecule has 0 heterocycles. The molecule has 0 aromatic heterocycles. The predicted molar refractivity (Wildman–Crippen MR) is 88.7 cm³/mol. The average molecular weight is 350 g/mol. The minimum atomic E-state index is -1.19. The zero-order valence-electron chi connectivity index (χ0n) is 12.6. The third-order valence-corrected chi connectivity index (χ3v) is 3.48. The lowest BCUT2D eigenvalue weighted by molar-refractivity contribution is 0.0689. The first-order chi connectivity index (χ1) is 11.5. The number of carbonyl (C=O) groups excluding carboxylic acids is 1. The number of amides is 1. The molecule has 0 radical (unpaired) electrons. The summed E-state index contributed by atoms with van der Waals surface area (Å²) in [4.78, 5) is 23.1. The Balaban J connectivity index is 1.88. The number of nitrogens with one attached hydrogen (secondary N) is 1. The number of ether oxygens (including phenoxy) is 1. The number of hydrogen-bond donors (Lipinski definition) is 3. The molecule has 2 aromatic rings. The van der Waals surface area contributed by atoms with Gasteiger partial charge in [-0.25, -0.2) is 4.79 Å². The number of carboxylic acids is 1. The third-order valence-electron chi connectivity index (χ3n) is 3.17. The van der Waals surface area contributed by atoms with E-state index in [0.717, 1.165) is 0 Å². The summed E-state index contributed by atoms with van der Waals surface area (Å²) < 4.78 is 5.37. The molecule has 0 aliphatic carbocycles. The van der Waals surface area contributed by atoms with Crippen molar-refractivity contribution in [2.45, 2.75) is 6.10 Å². The summed E-state index contributed by atoms with van der Waals surface area (Å²) in [6, 6.07) is 12.7. The van der Waals surface area contributed by atoms with Crippen LogP contribution in [0.2, 0.25) is 5.02 Å². The standard InChI is InChI=1S/C17H16ClNO5/c18-14-7-3-4-8-15(14)24-10-11(20)9-19-16(21)12-5-1-2-6-13(12)17(22)23/h1-8,11,20H,9-10H2,(H,19,21)(H,22,23)/t11-/m1/s1. The number of carboxylic acid groups (broad SMARTS) is 1. The van der Waals surface area contributed by atoms with Crippen LogP contribution in [-0.2, 0) is 0 Å². The molecule has 0 spiro atoms. The Bertz CT molecular complexity index is 734. The van der Waals surface area contributed by atoms with Crippen molar-refractivity contribution in [3.63, 3.8) is 0 Å². The Hall–Kier alpha value is -2.57. The number of hydrogen-bond acceptors (Lipinski definition) is 4. The Labute approximate surface area is 143 Å². The van der Waals surface area contributed by atoms with Crippen molar-refractivity contribution in [2.24, 2.45) is 0 Å². The number of rotatable bonds is 7. The van der Waals surface area contributed by atoms with Gasteiger partial charge in [0, 0.05) is 6.54 Å². The second-order valence-electron chi connectivity index (χ2n) is 4.96. The molecule has 0 saturated heterocycles. The van der Waals surface area contributed by atoms with Gasteiger partial charge in [0.25, 0.3) is 5.91 Å². The number of halogens is 1. The molecule has 0 fully saturated rings. The van der Waals surface area contributed by atoms with Crippen molar-refractivity contribution >= 4 is 23.5 Å². The molecule has 0 bridgehead atoms. The average Bonchev–Trinajstić information content (AvgIpc) is 2.59. The van der Waals surface area contributed by atoms with E-state index in [0.29, 0.717) is 10.8 Å². The fourth-order valence-corrected chi connectivity index (χ4v) is 2.17. The molecular weight excluding hydrogens is 334 g/mol. The first-order valence-corrected chi connectivity index (χ1v) is 7.52. The van der Waals surface area contributed by atoms with E-state index in [-0.39, 0.29) is 24.3 Å². The van der Waals surface area contributed by atoms with E-state index in [1.54, 1.807) is 30.3 Å². The molecule has 2 rings (SSSR count). The highest BCUT2D eigenvalue weighted by Gasteiger charge is 2.16. The summed E-state index contributed by atoms with van der Waals surface area (Å²) >= 11 is 5.93. The lowest BCUT2D eigenvalue weighted by Gasteiger charge is -2.14. The quantitative estimate of drug-likeness (QED) is 0.712. The van der Waals surface area contributed by atoms with Crippen molar-refractivity contribution in [1.82, 2.24) is 5.32 Å². The van der Waals surface area contributed by atoms with Crippen molar-refractivity contribution < 1.29 is 24.5 Å². The second kappa shape index (κ2) is 8.33. The summed E-state index contributed by atoms with van der Waals surface area (Å²) in [5.74, 6) is -1.34. The van der Waals surface area contributed by atoms with Crippen LogP contribution >= 0.6 is 11.6 Å². The van der Waals surface area contributed by atoms with Gasteiger partial charge in [0.1, 0.15) is 18.5 Å². The van der Waals surface area contributed by atoms with Crippen LogP contribution in [0.15, 0.2) is 48.5 Å². The van der Waals surface area contributed by atoms with Gasteiger partial charge < -0.3 is 20.3 Å². The largest absolute Gasteiger partial charge is 0.489 e. The van der Waals surface area contributed by atoms with Gasteiger partial charge >= 0.3 is 5.97 Å². The van der Waals surface area contributed by atoms with Gasteiger partial charge in [-0.2, -0.15) is 0 Å². The van der Waals surface area contributed by atoms with Crippen LogP contribution in [0.1, 0.15) is 20.7 Å². The van der Waals surface area contributed by atoms with E-state index < -0.39 is 18.0 Å². The lowest BCUT2D eigenvalue weighted by atomic mass is 10.1. The highest BCUT2D eigenvalue weighted by Crippen LogP contribution is 2.23. The van der Waals surface area contributed by atoms with Gasteiger partial charge in [-0.15, -0.1) is 0 Å². The fourth-order valence-electron chi connectivity index (χ4n) is 1.98. The molecule has 0 unspecified atom stereocenters. The molecule has 1 amide bonds. The Kier molecular flexibility index (Phi) is 6.17. The molecule has 126 valence electrons. The summed E-state index contributed by atoms with van der Waals surface area (Å²) in [6.07, 6.45) is -0.970. The maximum absolute atomic E-state index is 12.1. The van der Waals surface area contributed by atoms with Crippen molar-refractivity contribution in [2.75, 3.05) is 13.2 Å². The normalized spacial score (nSPS) is 11.6. The fraction of sp³-hybridized carbons (Fsp3) is 0.176. The number of aromatic carboxylic acids is 1. The summed E-state index contributed by atoms with van der Waals surface area (Å²) in [5, 5.41) is 21.8. The molecule has 3 N–H and O–H groups in total. The van der Waals surface area contributed by atoms with Gasteiger partial charge in [0.05, 0.1) is 16.1 Å². The van der Waals surface area contributed by atoms with Gasteiger partial charge in [0.2, 0.25) is 0 Å². The monoisotopic (exact) mass is 349 g/mol. The minimum Gasteiger partial charge on any atom is -0.489 e. The van der Waals surface area contributed by atoms with Crippen LogP contribution in [0.4, 0.5) is 0 Å². The van der Waals surface area contributed by atoms with E-state index in [9.17, 15) is 14.7 Å². The molecule has 0 aliphatic rings.